The number of halogens is 3. The van der Waals surface area contributed by atoms with E-state index >= 15 is 0 Å². The SMILES string of the molecule is CCOC(=O)c1c(Br)c(Br)n(-c2ccccc2)c1CBr.CCOC(=O)c1ccn(-c2ccccc2)c1C. The van der Waals surface area contributed by atoms with Crippen molar-refractivity contribution in [1.29, 1.82) is 0 Å². The van der Waals surface area contributed by atoms with E-state index in [2.05, 4.69) is 47.8 Å². The summed E-state index contributed by atoms with van der Waals surface area (Å²) < 4.78 is 15.6. The number of carbonyl (C=O) groups excluding carboxylic acids is 2. The van der Waals surface area contributed by atoms with Gasteiger partial charge in [-0.3, -0.25) is 0 Å². The minimum atomic E-state index is -0.329. The molecule has 0 atom stereocenters. The average molecular weight is 695 g/mol. The van der Waals surface area contributed by atoms with Crippen LogP contribution in [0.25, 0.3) is 11.4 Å². The number of ether oxygens (including phenoxy) is 2. The highest BCUT2D eigenvalue weighted by atomic mass is 79.9. The third-order valence-electron chi connectivity index (χ3n) is 5.45. The standard InChI is InChI=1S/C14H12Br3NO2.C14H15NO2/c1-2-20-14(19)11-10(8-15)18(13(17)12(11)16)9-6-4-3-5-7-9;1-3-17-14(16)13-9-10-15(11(13)2)12-7-5-4-6-8-12/h3-7H,2,8H2,1H3;4-10H,3H2,1-2H3. The van der Waals surface area contributed by atoms with Crippen LogP contribution in [-0.4, -0.2) is 34.3 Å². The number of benzene rings is 2. The Morgan fingerprint density at radius 2 is 1.35 bits per heavy atom. The van der Waals surface area contributed by atoms with Crippen molar-refractivity contribution in [1.82, 2.24) is 9.13 Å². The summed E-state index contributed by atoms with van der Waals surface area (Å²) >= 11 is 10.5. The first kappa shape index (κ1) is 28.9. The second-order valence-electron chi connectivity index (χ2n) is 7.69. The van der Waals surface area contributed by atoms with Crippen LogP contribution in [0.2, 0.25) is 0 Å². The zero-order valence-corrected chi connectivity index (χ0v) is 25.5. The molecular weight excluding hydrogens is 668 g/mol. The van der Waals surface area contributed by atoms with Gasteiger partial charge in [-0.05, 0) is 83.0 Å². The molecule has 0 fully saturated rings. The monoisotopic (exact) mass is 692 g/mol. The highest BCUT2D eigenvalue weighted by molar-refractivity contribution is 9.13. The molecule has 0 aliphatic carbocycles. The maximum Gasteiger partial charge on any atom is 0.341 e. The van der Waals surface area contributed by atoms with Crippen LogP contribution >= 0.6 is 47.8 Å². The molecule has 2 aromatic carbocycles. The Hall–Kier alpha value is -2.62. The van der Waals surface area contributed by atoms with Gasteiger partial charge in [0.2, 0.25) is 0 Å². The molecule has 0 radical (unpaired) electrons. The first-order valence-electron chi connectivity index (χ1n) is 11.6. The van der Waals surface area contributed by atoms with Gasteiger partial charge in [-0.1, -0.05) is 52.3 Å². The minimum absolute atomic E-state index is 0.264. The van der Waals surface area contributed by atoms with Gasteiger partial charge in [-0.25, -0.2) is 9.59 Å². The Balaban J connectivity index is 0.000000208. The second kappa shape index (κ2) is 13.8. The van der Waals surface area contributed by atoms with E-state index in [0.29, 0.717) is 34.1 Å². The van der Waals surface area contributed by atoms with Gasteiger partial charge in [0.05, 0.1) is 34.5 Å². The molecule has 2 aromatic heterocycles. The fourth-order valence-corrected chi connectivity index (χ4v) is 5.46. The van der Waals surface area contributed by atoms with Crippen LogP contribution in [0.3, 0.4) is 0 Å². The minimum Gasteiger partial charge on any atom is -0.462 e. The number of para-hydroxylation sites is 2. The molecule has 4 aromatic rings. The lowest BCUT2D eigenvalue weighted by Gasteiger charge is -2.10. The highest BCUT2D eigenvalue weighted by Crippen LogP contribution is 2.36. The molecule has 0 spiro atoms. The second-order valence-corrected chi connectivity index (χ2v) is 9.80. The topological polar surface area (TPSA) is 62.5 Å². The number of hydrogen-bond acceptors (Lipinski definition) is 4. The summed E-state index contributed by atoms with van der Waals surface area (Å²) in [5.41, 5.74) is 4.92. The molecule has 0 aliphatic heterocycles. The Morgan fingerprint density at radius 1 is 0.811 bits per heavy atom. The molecule has 0 saturated heterocycles. The van der Waals surface area contributed by atoms with Gasteiger partial charge in [0, 0.05) is 28.6 Å². The lowest BCUT2D eigenvalue weighted by atomic mass is 10.2. The van der Waals surface area contributed by atoms with Gasteiger partial charge >= 0.3 is 11.9 Å². The number of esters is 2. The third kappa shape index (κ3) is 6.64. The van der Waals surface area contributed by atoms with Gasteiger partial charge in [0.1, 0.15) is 4.60 Å². The Bertz CT molecular complexity index is 1350. The molecule has 0 N–H and O–H groups in total. The van der Waals surface area contributed by atoms with Crippen molar-refractivity contribution in [3.63, 3.8) is 0 Å². The summed E-state index contributed by atoms with van der Waals surface area (Å²) in [6.07, 6.45) is 1.89. The third-order valence-corrected chi connectivity index (χ3v) is 8.03. The van der Waals surface area contributed by atoms with Crippen LogP contribution in [0, 0.1) is 6.92 Å². The molecule has 9 heteroatoms. The van der Waals surface area contributed by atoms with Gasteiger partial charge in [-0.15, -0.1) is 0 Å². The smallest absolute Gasteiger partial charge is 0.341 e. The van der Waals surface area contributed by atoms with Crippen LogP contribution in [0.5, 0.6) is 0 Å². The number of hydrogen-bond donors (Lipinski definition) is 0. The summed E-state index contributed by atoms with van der Waals surface area (Å²) in [5, 5.41) is 0.542. The van der Waals surface area contributed by atoms with Gasteiger partial charge in [0.15, 0.2) is 0 Å². The lowest BCUT2D eigenvalue weighted by Crippen LogP contribution is -2.08. The lowest BCUT2D eigenvalue weighted by molar-refractivity contribution is 0.0515. The van der Waals surface area contributed by atoms with E-state index < -0.39 is 0 Å². The number of nitrogens with zero attached hydrogens (tertiary/aromatic N) is 2. The fraction of sp³-hybridized carbons (Fsp3) is 0.214. The van der Waals surface area contributed by atoms with Crippen LogP contribution in [0.4, 0.5) is 0 Å². The van der Waals surface area contributed by atoms with Crippen LogP contribution < -0.4 is 0 Å². The molecule has 0 saturated carbocycles. The van der Waals surface area contributed by atoms with Gasteiger partial charge in [-0.2, -0.15) is 0 Å². The summed E-state index contributed by atoms with van der Waals surface area (Å²) in [6.45, 7) is 6.26. The van der Waals surface area contributed by atoms with E-state index in [-0.39, 0.29) is 11.9 Å². The van der Waals surface area contributed by atoms with Crippen LogP contribution in [0.15, 0.2) is 82.0 Å². The molecule has 0 unspecified atom stereocenters. The van der Waals surface area contributed by atoms with Gasteiger partial charge in [0.25, 0.3) is 0 Å². The number of rotatable bonds is 7. The number of aromatic nitrogens is 2. The van der Waals surface area contributed by atoms with Crippen LogP contribution in [0.1, 0.15) is 46.0 Å². The molecule has 194 valence electrons. The van der Waals surface area contributed by atoms with E-state index in [1.807, 2.05) is 82.9 Å². The molecule has 2 heterocycles. The zero-order valence-electron chi connectivity index (χ0n) is 20.7. The molecule has 0 bridgehead atoms. The molecule has 0 amide bonds. The summed E-state index contributed by atoms with van der Waals surface area (Å²) in [7, 11) is 0. The highest BCUT2D eigenvalue weighted by Gasteiger charge is 2.26. The summed E-state index contributed by atoms with van der Waals surface area (Å²) in [4.78, 5) is 23.8. The molecule has 4 rings (SSSR count). The van der Waals surface area contributed by atoms with Crippen molar-refractivity contribution < 1.29 is 19.1 Å². The van der Waals surface area contributed by atoms with Crippen molar-refractivity contribution in [2.45, 2.75) is 26.1 Å². The van der Waals surface area contributed by atoms with Gasteiger partial charge < -0.3 is 18.6 Å². The van der Waals surface area contributed by atoms with Crippen molar-refractivity contribution in [3.05, 3.63) is 105 Å². The van der Waals surface area contributed by atoms with E-state index in [0.717, 1.165) is 27.4 Å². The predicted molar refractivity (Wildman–Crippen MR) is 156 cm³/mol. The first-order valence-corrected chi connectivity index (χ1v) is 14.3. The zero-order chi connectivity index (χ0) is 26.9. The molecule has 0 aliphatic rings. The molecule has 6 nitrogen and oxygen atoms in total. The normalized spacial score (nSPS) is 10.4. The Morgan fingerprint density at radius 3 is 1.89 bits per heavy atom. The maximum atomic E-state index is 12.1. The van der Waals surface area contributed by atoms with Crippen molar-refractivity contribution >= 4 is 59.7 Å². The summed E-state index contributed by atoms with van der Waals surface area (Å²) in [6, 6.07) is 21.5. The number of carbonyl (C=O) groups is 2. The average Bonchev–Trinajstić information content (AvgIpc) is 3.42. The summed E-state index contributed by atoms with van der Waals surface area (Å²) in [5.74, 6) is -0.594. The van der Waals surface area contributed by atoms with Crippen LogP contribution in [-0.2, 0) is 14.8 Å². The van der Waals surface area contributed by atoms with Crippen molar-refractivity contribution in [2.24, 2.45) is 0 Å². The van der Waals surface area contributed by atoms with Crippen molar-refractivity contribution in [3.8, 4) is 11.4 Å². The quantitative estimate of drug-likeness (QED) is 0.145. The molecule has 37 heavy (non-hydrogen) atoms. The van der Waals surface area contributed by atoms with Crippen molar-refractivity contribution in [2.75, 3.05) is 13.2 Å². The fourth-order valence-electron chi connectivity index (χ4n) is 3.75. The maximum absolute atomic E-state index is 12.1. The predicted octanol–water partition coefficient (Wildman–Crippen LogP) is 8.04. The largest absolute Gasteiger partial charge is 0.462 e. The Labute approximate surface area is 242 Å². The Kier molecular flexibility index (Phi) is 10.8. The van der Waals surface area contributed by atoms with E-state index in [1.165, 1.54) is 0 Å². The number of alkyl halides is 1. The van der Waals surface area contributed by atoms with E-state index in [4.69, 9.17) is 9.47 Å². The molecular formula is C28H27Br3N2O4. The first-order chi connectivity index (χ1) is 17.8. The van der Waals surface area contributed by atoms with E-state index in [9.17, 15) is 9.59 Å². The van der Waals surface area contributed by atoms with E-state index in [1.54, 1.807) is 19.9 Å².